The molecule has 1 saturated heterocycles. The fourth-order valence-electron chi connectivity index (χ4n) is 4.76. The summed E-state index contributed by atoms with van der Waals surface area (Å²) in [7, 11) is 0. The highest BCUT2D eigenvalue weighted by atomic mass is 35.5. The second-order valence-electron chi connectivity index (χ2n) is 8.72. The number of aliphatic hydroxyl groups is 1. The van der Waals surface area contributed by atoms with Crippen molar-refractivity contribution >= 4 is 11.6 Å². The summed E-state index contributed by atoms with van der Waals surface area (Å²) < 4.78 is 17.0. The quantitative estimate of drug-likeness (QED) is 0.759. The lowest BCUT2D eigenvalue weighted by atomic mass is 9.98. The van der Waals surface area contributed by atoms with Gasteiger partial charge in [0.15, 0.2) is 11.5 Å². The lowest BCUT2D eigenvalue weighted by Gasteiger charge is -2.32. The first-order valence-electron chi connectivity index (χ1n) is 11.1. The molecule has 0 bridgehead atoms. The zero-order chi connectivity index (χ0) is 21.2. The molecule has 0 spiro atoms. The van der Waals surface area contributed by atoms with Crippen molar-refractivity contribution in [1.29, 1.82) is 0 Å². The molecule has 1 atom stereocenters. The molecule has 1 fully saturated rings. The van der Waals surface area contributed by atoms with Gasteiger partial charge in [-0.05, 0) is 54.6 Å². The number of rotatable bonds is 5. The van der Waals surface area contributed by atoms with E-state index >= 15 is 0 Å². The van der Waals surface area contributed by atoms with Gasteiger partial charge in [-0.1, -0.05) is 17.7 Å². The fourth-order valence-corrected chi connectivity index (χ4v) is 4.97. The maximum Gasteiger partial charge on any atom is 0.231 e. The average Bonchev–Trinajstić information content (AvgIpc) is 3.12. The van der Waals surface area contributed by atoms with Crippen LogP contribution in [0, 0.1) is 5.92 Å². The molecule has 1 N–H and O–H groups in total. The smallest absolute Gasteiger partial charge is 0.231 e. The van der Waals surface area contributed by atoms with Gasteiger partial charge in [0.1, 0.15) is 12.4 Å². The molecule has 0 radical (unpaired) electrons. The minimum atomic E-state index is 0.249. The molecule has 2 aromatic rings. The normalized spacial score (nSPS) is 21.4. The molecule has 6 nitrogen and oxygen atoms in total. The second kappa shape index (κ2) is 9.25. The maximum atomic E-state index is 9.51. The SMILES string of the molecule is OCC1CCCN(Cc2ccc3c(c2)CN(Cc2cc4c(cc2Cl)OCO4)CCO3)C1. The molecule has 31 heavy (non-hydrogen) atoms. The summed E-state index contributed by atoms with van der Waals surface area (Å²) in [6.07, 6.45) is 2.28. The molecule has 3 aliphatic heterocycles. The summed E-state index contributed by atoms with van der Waals surface area (Å²) in [6.45, 7) is 6.54. The first kappa shape index (κ1) is 20.9. The number of piperidine rings is 1. The highest BCUT2D eigenvalue weighted by Gasteiger charge is 2.22. The predicted octanol–water partition coefficient (Wildman–Crippen LogP) is 3.67. The highest BCUT2D eigenvalue weighted by Crippen LogP contribution is 2.37. The third-order valence-corrected chi connectivity index (χ3v) is 6.74. The van der Waals surface area contributed by atoms with Crippen molar-refractivity contribution in [3.8, 4) is 17.2 Å². The molecular weight excluding hydrogens is 416 g/mol. The number of ether oxygens (including phenoxy) is 3. The van der Waals surface area contributed by atoms with Crippen molar-refractivity contribution in [2.75, 3.05) is 39.6 Å². The highest BCUT2D eigenvalue weighted by molar-refractivity contribution is 6.31. The molecule has 3 heterocycles. The second-order valence-corrected chi connectivity index (χ2v) is 9.13. The van der Waals surface area contributed by atoms with Crippen LogP contribution in [0.3, 0.4) is 0 Å². The number of likely N-dealkylation sites (tertiary alicyclic amines) is 1. The fraction of sp³-hybridized carbons (Fsp3) is 0.500. The van der Waals surface area contributed by atoms with E-state index in [-0.39, 0.29) is 13.4 Å². The molecule has 0 saturated carbocycles. The van der Waals surface area contributed by atoms with Gasteiger partial charge in [0.25, 0.3) is 0 Å². The molecule has 0 aromatic heterocycles. The molecule has 7 heteroatoms. The van der Waals surface area contributed by atoms with Crippen LogP contribution in [0.15, 0.2) is 30.3 Å². The van der Waals surface area contributed by atoms with Crippen molar-refractivity contribution in [2.45, 2.75) is 32.5 Å². The van der Waals surface area contributed by atoms with Crippen molar-refractivity contribution < 1.29 is 19.3 Å². The molecule has 3 aliphatic rings. The number of fused-ring (bicyclic) bond motifs is 2. The van der Waals surface area contributed by atoms with E-state index in [0.29, 0.717) is 23.3 Å². The zero-order valence-corrected chi connectivity index (χ0v) is 18.4. The molecule has 1 unspecified atom stereocenters. The van der Waals surface area contributed by atoms with Gasteiger partial charge in [0.2, 0.25) is 6.79 Å². The van der Waals surface area contributed by atoms with Gasteiger partial charge in [-0.25, -0.2) is 0 Å². The van der Waals surface area contributed by atoms with Crippen LogP contribution in [0.1, 0.15) is 29.5 Å². The van der Waals surface area contributed by atoms with Crippen LogP contribution in [-0.4, -0.2) is 54.5 Å². The average molecular weight is 445 g/mol. The van der Waals surface area contributed by atoms with Gasteiger partial charge < -0.3 is 19.3 Å². The number of benzene rings is 2. The topological polar surface area (TPSA) is 54.4 Å². The van der Waals surface area contributed by atoms with E-state index in [0.717, 1.165) is 69.2 Å². The van der Waals surface area contributed by atoms with E-state index in [1.807, 2.05) is 12.1 Å². The van der Waals surface area contributed by atoms with E-state index in [9.17, 15) is 5.11 Å². The molecule has 5 rings (SSSR count). The van der Waals surface area contributed by atoms with Gasteiger partial charge in [-0.2, -0.15) is 0 Å². The van der Waals surface area contributed by atoms with E-state index in [1.54, 1.807) is 0 Å². The number of nitrogens with zero attached hydrogens (tertiary/aromatic N) is 2. The predicted molar refractivity (Wildman–Crippen MR) is 119 cm³/mol. The summed E-state index contributed by atoms with van der Waals surface area (Å²) in [5.41, 5.74) is 3.54. The lowest BCUT2D eigenvalue weighted by molar-refractivity contribution is 0.116. The van der Waals surface area contributed by atoms with Crippen molar-refractivity contribution in [3.05, 3.63) is 52.0 Å². The van der Waals surface area contributed by atoms with E-state index in [2.05, 4.69) is 28.0 Å². The van der Waals surface area contributed by atoms with Gasteiger partial charge in [-0.3, -0.25) is 9.80 Å². The minimum absolute atomic E-state index is 0.249. The van der Waals surface area contributed by atoms with Crippen LogP contribution in [0.2, 0.25) is 5.02 Å². The third kappa shape index (κ3) is 4.77. The van der Waals surface area contributed by atoms with Crippen molar-refractivity contribution in [2.24, 2.45) is 5.92 Å². The first-order chi connectivity index (χ1) is 15.2. The van der Waals surface area contributed by atoms with Crippen molar-refractivity contribution in [3.63, 3.8) is 0 Å². The third-order valence-electron chi connectivity index (χ3n) is 6.39. The molecule has 2 aromatic carbocycles. The maximum absolute atomic E-state index is 9.51. The number of aliphatic hydroxyl groups excluding tert-OH is 1. The van der Waals surface area contributed by atoms with Crippen LogP contribution in [-0.2, 0) is 19.6 Å². The van der Waals surface area contributed by atoms with Gasteiger partial charge in [-0.15, -0.1) is 0 Å². The van der Waals surface area contributed by atoms with E-state index in [1.165, 1.54) is 11.1 Å². The number of halogens is 1. The van der Waals surface area contributed by atoms with Crippen LogP contribution in [0.25, 0.3) is 0 Å². The van der Waals surface area contributed by atoms with Crippen LogP contribution < -0.4 is 14.2 Å². The monoisotopic (exact) mass is 444 g/mol. The number of hydrogen-bond acceptors (Lipinski definition) is 6. The Labute approximate surface area is 188 Å². The van der Waals surface area contributed by atoms with Gasteiger partial charge in [0.05, 0.1) is 0 Å². The Kier molecular flexibility index (Phi) is 6.23. The number of hydrogen-bond donors (Lipinski definition) is 1. The Hall–Kier alpha value is -1.99. The Morgan fingerprint density at radius 3 is 2.71 bits per heavy atom. The van der Waals surface area contributed by atoms with Crippen LogP contribution >= 0.6 is 11.6 Å². The van der Waals surface area contributed by atoms with E-state index in [4.69, 9.17) is 25.8 Å². The minimum Gasteiger partial charge on any atom is -0.492 e. The Morgan fingerprint density at radius 2 is 1.84 bits per heavy atom. The summed E-state index contributed by atoms with van der Waals surface area (Å²) in [5.74, 6) is 2.84. The van der Waals surface area contributed by atoms with Gasteiger partial charge >= 0.3 is 0 Å². The largest absolute Gasteiger partial charge is 0.492 e. The summed E-state index contributed by atoms with van der Waals surface area (Å²) in [4.78, 5) is 4.82. The van der Waals surface area contributed by atoms with Gasteiger partial charge in [0, 0.05) is 56.0 Å². The molecule has 166 valence electrons. The first-order valence-corrected chi connectivity index (χ1v) is 11.4. The Balaban J connectivity index is 1.29. The summed E-state index contributed by atoms with van der Waals surface area (Å²) in [5, 5.41) is 10.2. The van der Waals surface area contributed by atoms with E-state index < -0.39 is 0 Å². The summed E-state index contributed by atoms with van der Waals surface area (Å²) in [6, 6.07) is 10.4. The molecular formula is C24H29ClN2O4. The zero-order valence-electron chi connectivity index (χ0n) is 17.7. The van der Waals surface area contributed by atoms with Crippen molar-refractivity contribution in [1.82, 2.24) is 9.80 Å². The lowest BCUT2D eigenvalue weighted by Crippen LogP contribution is -2.36. The Morgan fingerprint density at radius 1 is 0.968 bits per heavy atom. The molecule has 0 amide bonds. The van der Waals surface area contributed by atoms with Crippen LogP contribution in [0.5, 0.6) is 17.2 Å². The summed E-state index contributed by atoms with van der Waals surface area (Å²) >= 11 is 6.51. The Bertz CT molecular complexity index is 938. The standard InChI is InChI=1S/C24H29ClN2O4/c25-21-10-24-23(30-16-31-24)9-19(21)13-27-6-7-29-22-4-3-17(8-20(22)14-27)11-26-5-1-2-18(12-26)15-28/h3-4,8-10,18,28H,1-2,5-7,11-16H2. The van der Waals surface area contributed by atoms with Crippen LogP contribution in [0.4, 0.5) is 0 Å². The molecule has 0 aliphatic carbocycles.